The summed E-state index contributed by atoms with van der Waals surface area (Å²) in [6, 6.07) is -0.631. The van der Waals surface area contributed by atoms with E-state index in [1.54, 1.807) is 6.08 Å². The molecule has 0 spiro atoms. The Labute approximate surface area is 243 Å². The van der Waals surface area contributed by atoms with Crippen LogP contribution < -0.4 is 5.32 Å². The number of amides is 1. The molecule has 0 radical (unpaired) electrons. The molecule has 0 aliphatic carbocycles. The van der Waals surface area contributed by atoms with Gasteiger partial charge in [-0.1, -0.05) is 160 Å². The Morgan fingerprint density at radius 1 is 0.590 bits per heavy atom. The number of aliphatic hydroxyl groups excluding tert-OH is 2. The number of hydrogen-bond acceptors (Lipinski definition) is 3. The third-order valence-electron chi connectivity index (χ3n) is 7.69. The Bertz CT molecular complexity index is 560. The van der Waals surface area contributed by atoms with Crippen molar-refractivity contribution >= 4 is 5.91 Å². The molecule has 39 heavy (non-hydrogen) atoms. The van der Waals surface area contributed by atoms with E-state index in [4.69, 9.17) is 0 Å². The fraction of sp³-hybridized carbons (Fsp3) is 0.857. The van der Waals surface area contributed by atoms with Crippen molar-refractivity contribution in [2.24, 2.45) is 0 Å². The number of unbranched alkanes of at least 4 members (excludes halogenated alkanes) is 21. The maximum absolute atomic E-state index is 12.2. The van der Waals surface area contributed by atoms with Crippen LogP contribution in [0.5, 0.6) is 0 Å². The van der Waals surface area contributed by atoms with Gasteiger partial charge in [0, 0.05) is 6.42 Å². The fourth-order valence-corrected chi connectivity index (χ4v) is 5.02. The van der Waals surface area contributed by atoms with Gasteiger partial charge >= 0.3 is 0 Å². The smallest absolute Gasteiger partial charge is 0.220 e. The molecule has 0 aliphatic rings. The first-order chi connectivity index (χ1) is 19.2. The van der Waals surface area contributed by atoms with Crippen LogP contribution in [0.2, 0.25) is 0 Å². The normalized spacial score (nSPS) is 13.4. The van der Waals surface area contributed by atoms with Crippen LogP contribution in [0.15, 0.2) is 24.3 Å². The first-order valence-corrected chi connectivity index (χ1v) is 17.1. The van der Waals surface area contributed by atoms with Crippen LogP contribution in [0.1, 0.15) is 174 Å². The molecule has 230 valence electrons. The van der Waals surface area contributed by atoms with Gasteiger partial charge in [-0.15, -0.1) is 0 Å². The van der Waals surface area contributed by atoms with Crippen molar-refractivity contribution in [3.05, 3.63) is 24.3 Å². The van der Waals surface area contributed by atoms with Gasteiger partial charge in [0.05, 0.1) is 18.8 Å². The van der Waals surface area contributed by atoms with Crippen LogP contribution in [0.4, 0.5) is 0 Å². The fourth-order valence-electron chi connectivity index (χ4n) is 5.02. The second-order valence-electron chi connectivity index (χ2n) is 11.6. The van der Waals surface area contributed by atoms with Crippen LogP contribution in [0, 0.1) is 0 Å². The lowest BCUT2D eigenvalue weighted by atomic mass is 10.0. The summed E-state index contributed by atoms with van der Waals surface area (Å²) in [6.07, 6.45) is 38.2. The van der Waals surface area contributed by atoms with Crippen LogP contribution >= 0.6 is 0 Å². The van der Waals surface area contributed by atoms with E-state index in [9.17, 15) is 15.0 Å². The van der Waals surface area contributed by atoms with E-state index in [1.807, 2.05) is 6.08 Å². The minimum absolute atomic E-state index is 0.0759. The molecule has 4 nitrogen and oxygen atoms in total. The van der Waals surface area contributed by atoms with Crippen molar-refractivity contribution in [2.75, 3.05) is 6.61 Å². The average Bonchev–Trinajstić information content (AvgIpc) is 2.94. The topological polar surface area (TPSA) is 69.6 Å². The Morgan fingerprint density at radius 2 is 1.00 bits per heavy atom. The van der Waals surface area contributed by atoms with E-state index < -0.39 is 12.1 Å². The summed E-state index contributed by atoms with van der Waals surface area (Å²) >= 11 is 0. The summed E-state index contributed by atoms with van der Waals surface area (Å²) in [5.41, 5.74) is 0. The lowest BCUT2D eigenvalue weighted by molar-refractivity contribution is -0.123. The minimum Gasteiger partial charge on any atom is -0.394 e. The monoisotopic (exact) mass is 550 g/mol. The predicted octanol–water partition coefficient (Wildman–Crippen LogP) is 9.73. The molecule has 3 N–H and O–H groups in total. The molecule has 0 saturated carbocycles. The van der Waals surface area contributed by atoms with Gasteiger partial charge in [-0.05, 0) is 32.1 Å². The van der Waals surface area contributed by atoms with Crippen LogP contribution in [0.3, 0.4) is 0 Å². The maximum atomic E-state index is 12.2. The number of nitrogens with one attached hydrogen (secondary N) is 1. The summed E-state index contributed by atoms with van der Waals surface area (Å²) in [5, 5.41) is 22.8. The number of carbonyl (C=O) groups excluding carboxylic acids is 1. The zero-order valence-electron chi connectivity index (χ0n) is 26.2. The molecule has 0 bridgehead atoms. The maximum Gasteiger partial charge on any atom is 0.220 e. The molecular formula is C35H67NO3. The van der Waals surface area contributed by atoms with Crippen molar-refractivity contribution in [3.8, 4) is 0 Å². The van der Waals surface area contributed by atoms with Gasteiger partial charge in [0.2, 0.25) is 5.91 Å². The number of hydrogen-bond donors (Lipinski definition) is 3. The average molecular weight is 550 g/mol. The molecule has 0 fully saturated rings. The molecule has 0 aliphatic heterocycles. The summed E-state index contributed by atoms with van der Waals surface area (Å²) in [4.78, 5) is 12.2. The second kappa shape index (κ2) is 31.4. The van der Waals surface area contributed by atoms with E-state index in [-0.39, 0.29) is 12.5 Å². The largest absolute Gasteiger partial charge is 0.394 e. The van der Waals surface area contributed by atoms with E-state index in [0.29, 0.717) is 6.42 Å². The van der Waals surface area contributed by atoms with E-state index >= 15 is 0 Å². The van der Waals surface area contributed by atoms with Gasteiger partial charge in [-0.2, -0.15) is 0 Å². The van der Waals surface area contributed by atoms with Crippen molar-refractivity contribution in [2.45, 2.75) is 187 Å². The standard InChI is InChI=1S/C35H67NO3/c1-3-5-7-9-11-13-15-17-18-19-20-22-24-26-28-30-34(38)33(32-37)36-35(39)31-29-27-25-23-21-16-14-12-10-8-6-4-2/h20,22,28,30,33-34,37-38H,3-19,21,23-27,29,31-32H2,1-2H3,(H,36,39)/b22-20+,30-28+. The molecule has 0 saturated heterocycles. The molecule has 1 amide bonds. The summed E-state index contributed by atoms with van der Waals surface area (Å²) in [6.45, 7) is 4.27. The minimum atomic E-state index is -0.855. The third kappa shape index (κ3) is 28.2. The molecular weight excluding hydrogens is 482 g/mol. The van der Waals surface area contributed by atoms with Crippen molar-refractivity contribution in [1.29, 1.82) is 0 Å². The Kier molecular flexibility index (Phi) is 30.5. The SMILES string of the molecule is CCCCCCCCCCC/C=C/CC/C=C/C(O)C(CO)NC(=O)CCCCCCCCCCCCCC. The lowest BCUT2D eigenvalue weighted by Gasteiger charge is -2.19. The van der Waals surface area contributed by atoms with E-state index in [0.717, 1.165) is 32.1 Å². The Morgan fingerprint density at radius 3 is 1.49 bits per heavy atom. The van der Waals surface area contributed by atoms with Gasteiger partial charge in [0.1, 0.15) is 0 Å². The number of carbonyl (C=O) groups is 1. The molecule has 0 aromatic rings. The van der Waals surface area contributed by atoms with Crippen molar-refractivity contribution < 1.29 is 15.0 Å². The highest BCUT2D eigenvalue weighted by atomic mass is 16.3. The summed E-state index contributed by atoms with van der Waals surface area (Å²) in [5.74, 6) is -0.0759. The first kappa shape index (κ1) is 37.9. The highest BCUT2D eigenvalue weighted by molar-refractivity contribution is 5.76. The third-order valence-corrected chi connectivity index (χ3v) is 7.69. The number of allylic oxidation sites excluding steroid dienone is 3. The van der Waals surface area contributed by atoms with Gasteiger partial charge in [-0.3, -0.25) is 4.79 Å². The van der Waals surface area contributed by atoms with Crippen LogP contribution in [-0.4, -0.2) is 34.9 Å². The molecule has 0 aromatic heterocycles. The van der Waals surface area contributed by atoms with Crippen LogP contribution in [-0.2, 0) is 4.79 Å². The summed E-state index contributed by atoms with van der Waals surface area (Å²) < 4.78 is 0. The van der Waals surface area contributed by atoms with Crippen molar-refractivity contribution in [3.63, 3.8) is 0 Å². The molecule has 2 atom stereocenters. The molecule has 0 aromatic carbocycles. The Hall–Kier alpha value is -1.13. The van der Waals surface area contributed by atoms with Gasteiger partial charge in [-0.25, -0.2) is 0 Å². The summed E-state index contributed by atoms with van der Waals surface area (Å²) in [7, 11) is 0. The van der Waals surface area contributed by atoms with Gasteiger partial charge in [0.25, 0.3) is 0 Å². The number of aliphatic hydroxyl groups is 2. The predicted molar refractivity (Wildman–Crippen MR) is 170 cm³/mol. The highest BCUT2D eigenvalue weighted by Gasteiger charge is 2.17. The van der Waals surface area contributed by atoms with Gasteiger partial charge < -0.3 is 15.5 Å². The van der Waals surface area contributed by atoms with Gasteiger partial charge in [0.15, 0.2) is 0 Å². The van der Waals surface area contributed by atoms with Crippen molar-refractivity contribution in [1.82, 2.24) is 5.32 Å². The molecule has 0 rings (SSSR count). The molecule has 4 heteroatoms. The second-order valence-corrected chi connectivity index (χ2v) is 11.6. The Balaban J connectivity index is 3.69. The molecule has 2 unspecified atom stereocenters. The quantitative estimate of drug-likeness (QED) is 0.0617. The zero-order chi connectivity index (χ0) is 28.7. The lowest BCUT2D eigenvalue weighted by Crippen LogP contribution is -2.45. The zero-order valence-corrected chi connectivity index (χ0v) is 26.2. The number of rotatable bonds is 30. The molecule has 0 heterocycles. The highest BCUT2D eigenvalue weighted by Crippen LogP contribution is 2.13. The van der Waals surface area contributed by atoms with E-state index in [2.05, 4.69) is 31.3 Å². The first-order valence-electron chi connectivity index (χ1n) is 17.1. The van der Waals surface area contributed by atoms with E-state index in [1.165, 1.54) is 122 Å². The van der Waals surface area contributed by atoms with Crippen LogP contribution in [0.25, 0.3) is 0 Å².